The molecule has 0 amide bonds. The summed E-state index contributed by atoms with van der Waals surface area (Å²) in [5.41, 5.74) is 4.14. The van der Waals surface area contributed by atoms with Crippen LogP contribution in [-0.4, -0.2) is 126 Å². The van der Waals surface area contributed by atoms with Crippen molar-refractivity contribution in [3.05, 3.63) is 180 Å². The van der Waals surface area contributed by atoms with Gasteiger partial charge in [0.05, 0.1) is 28.7 Å². The van der Waals surface area contributed by atoms with Crippen LogP contribution in [0.3, 0.4) is 0 Å². The summed E-state index contributed by atoms with van der Waals surface area (Å²) in [5, 5.41) is 7.73. The molecule has 0 unspecified atom stereocenters. The summed E-state index contributed by atoms with van der Waals surface area (Å²) in [4.78, 5) is 80.1. The fourth-order valence-electron chi connectivity index (χ4n) is 10.5. The summed E-state index contributed by atoms with van der Waals surface area (Å²) in [6, 6.07) is 44.3. The van der Waals surface area contributed by atoms with Crippen LogP contribution in [0.4, 0.5) is 8.78 Å². The van der Waals surface area contributed by atoms with Gasteiger partial charge in [0, 0.05) is 50.5 Å². The number of halogens is 2. The molecule has 0 spiro atoms. The Morgan fingerprint density at radius 1 is 0.536 bits per heavy atom. The van der Waals surface area contributed by atoms with Crippen LogP contribution in [0, 0.1) is 29.4 Å². The zero-order chi connectivity index (χ0) is 71.7. The number of hydrogen-bond acceptors (Lipinski definition) is 17. The van der Waals surface area contributed by atoms with Crippen molar-refractivity contribution in [1.29, 1.82) is 0 Å². The third-order valence-corrected chi connectivity index (χ3v) is 21.9. The maximum absolute atomic E-state index is 13.8. The van der Waals surface area contributed by atoms with Gasteiger partial charge in [0.25, 0.3) is 0 Å². The lowest BCUT2D eigenvalue weighted by Crippen LogP contribution is -2.39. The highest BCUT2D eigenvalue weighted by molar-refractivity contribution is 8.02. The molecule has 6 aromatic rings. The molecule has 0 radical (unpaired) electrons. The fourth-order valence-corrected chi connectivity index (χ4v) is 16.9. The zero-order valence-corrected chi connectivity index (χ0v) is 60.0. The number of aliphatic hydroxyl groups excluding tert-OH is 1. The van der Waals surface area contributed by atoms with Gasteiger partial charge < -0.3 is 19.3 Å². The Balaban J connectivity index is 0.000000299. The van der Waals surface area contributed by atoms with E-state index in [0.717, 1.165) is 34.2 Å². The van der Waals surface area contributed by atoms with Gasteiger partial charge in [-0.15, -0.1) is 23.5 Å². The molecule has 524 valence electrons. The first-order valence-corrected chi connectivity index (χ1v) is 37.1. The molecule has 6 aromatic carbocycles. The van der Waals surface area contributed by atoms with Crippen LogP contribution in [-0.2, 0) is 67.8 Å². The largest absolute Gasteiger partial charge is 0.465 e. The Bertz CT molecular complexity index is 3750. The maximum atomic E-state index is 13.8. The van der Waals surface area contributed by atoms with E-state index in [2.05, 4.69) is 13.8 Å². The molecule has 2 aliphatic rings. The first-order valence-electron chi connectivity index (χ1n) is 32.1. The molecule has 8 rings (SSSR count). The zero-order valence-electron chi connectivity index (χ0n) is 56.7. The van der Waals surface area contributed by atoms with Crippen molar-refractivity contribution in [3.8, 4) is 22.3 Å². The summed E-state index contributed by atoms with van der Waals surface area (Å²) >= 11 is 2.59. The van der Waals surface area contributed by atoms with E-state index in [0.29, 0.717) is 35.8 Å². The maximum Gasteiger partial charge on any atom is 0.373 e. The van der Waals surface area contributed by atoms with E-state index in [9.17, 15) is 54.7 Å². The number of esters is 3. The van der Waals surface area contributed by atoms with Gasteiger partial charge in [0.2, 0.25) is 20.0 Å². The second kappa shape index (κ2) is 38.2. The number of Topliss-reactive ketones (excluding diaryl/α,β-unsaturated/α-hetero) is 2. The van der Waals surface area contributed by atoms with E-state index in [1.165, 1.54) is 56.4 Å². The van der Waals surface area contributed by atoms with Gasteiger partial charge in [-0.2, -0.15) is 18.2 Å². The number of rotatable bonds is 26. The molecule has 2 saturated heterocycles. The third kappa shape index (κ3) is 25.9. The van der Waals surface area contributed by atoms with Crippen molar-refractivity contribution in [2.24, 2.45) is 17.8 Å². The number of carbonyl (C=O) groups is 5. The van der Waals surface area contributed by atoms with Gasteiger partial charge in [0.1, 0.15) is 33.6 Å². The molecule has 97 heavy (non-hydrogen) atoms. The predicted octanol–water partition coefficient (Wildman–Crippen LogP) is 14.1. The first kappa shape index (κ1) is 80.5. The molecule has 5 atom stereocenters. The Hall–Kier alpha value is -7.21. The van der Waals surface area contributed by atoms with Crippen molar-refractivity contribution >= 4 is 79.2 Å². The fraction of sp³-hybridized carbons (Fsp3) is 0.432. The van der Waals surface area contributed by atoms with E-state index in [-0.39, 0.29) is 109 Å². The van der Waals surface area contributed by atoms with Crippen LogP contribution in [0.15, 0.2) is 168 Å². The van der Waals surface area contributed by atoms with E-state index >= 15 is 0 Å². The summed E-state index contributed by atoms with van der Waals surface area (Å²) in [6.45, 7) is 19.1. The Labute approximate surface area is 578 Å². The van der Waals surface area contributed by atoms with Gasteiger partial charge in [-0.3, -0.25) is 24.0 Å². The number of aliphatic hydroxyl groups is 1. The molecule has 1 N–H and O–H groups in total. The molecule has 2 heterocycles. The number of sulfonamides is 2. The highest BCUT2D eigenvalue weighted by Crippen LogP contribution is 2.37. The highest BCUT2D eigenvalue weighted by atomic mass is 32.2. The SMILES string of the molecule is CC(C)CCC(=O)OC(C)(C)C.CC(C)[C@H](CC(=O)OC(C)(C)C)C(=O)OCC[C@H](CC(=O)[C@@H]1SCCN1S(=O)(=O)c1ccc(-c2ccccc2)cc1)c1ccc(F)cc1.O=C(C[C@@H](CCO)c1ccc(F)cc1)[C@@H]1SCCN1S(=O)(=O)c1ccc(-c2ccccc2)cc1.O=C=O. The molecular weight excluding hydrogens is 1320 g/mol. The third-order valence-electron chi connectivity index (χ3n) is 15.4. The van der Waals surface area contributed by atoms with Crippen LogP contribution in [0.25, 0.3) is 22.3 Å². The minimum atomic E-state index is -3.97. The average Bonchev–Trinajstić information content (AvgIpc) is 1.71. The van der Waals surface area contributed by atoms with E-state index in [1.54, 1.807) is 93.6 Å². The molecule has 2 aliphatic heterocycles. The lowest BCUT2D eigenvalue weighted by molar-refractivity contribution is -0.192. The topological polar surface area (TPSA) is 242 Å². The standard InChI is InChI=1S/C37H44FNO7S2.C26H26FNO4S2.C10H20O2.CO2/c1-25(2)32(24-34(41)46-37(3,4)5)36(42)45-21-19-29(28-11-15-30(38)16-12-28)23-33(40)35-39(20-22-47-35)48(43,44)31-17-13-27(14-18-31)26-9-7-6-8-10-26;27-23-10-6-21(7-11-23)22(14-16-29)18-25(30)26-28(15-17-33-26)34(31,32)24-12-8-20(9-13-24)19-4-2-1-3-5-19;1-8(2)6-7-9(11)12-10(3,4)5;2-1-3/h6-18,25,29,32,35H,19-24H2,1-5H3;1-13,22,26,29H,14-18H2;8H,6-7H2,1-5H3;/t29-,32+,35+;22-,26+;;/m11../s1. The summed E-state index contributed by atoms with van der Waals surface area (Å²) in [6.07, 6.45) is 2.19. The number of ether oxygens (including phenoxy) is 3. The number of benzene rings is 6. The molecule has 23 heteroatoms. The molecule has 0 bridgehead atoms. The molecule has 0 saturated carbocycles. The molecule has 2 fully saturated rings. The lowest BCUT2D eigenvalue weighted by atomic mass is 9.90. The summed E-state index contributed by atoms with van der Waals surface area (Å²) in [7, 11) is -7.83. The lowest BCUT2D eigenvalue weighted by Gasteiger charge is -2.25. The highest BCUT2D eigenvalue weighted by Gasteiger charge is 2.42. The number of carbonyl (C=O) groups excluding carboxylic acids is 7. The predicted molar refractivity (Wildman–Crippen MR) is 373 cm³/mol. The monoisotopic (exact) mass is 1410 g/mol. The number of ketones is 2. The molecular formula is C74H90F2N2O15S4. The first-order chi connectivity index (χ1) is 45.8. The van der Waals surface area contributed by atoms with Crippen LogP contribution in [0.2, 0.25) is 0 Å². The smallest absolute Gasteiger partial charge is 0.373 e. The van der Waals surface area contributed by atoms with E-state index in [1.807, 2.05) is 95.3 Å². The normalized spacial score (nSPS) is 16.0. The quantitative estimate of drug-likeness (QED) is 0.0392. The second-order valence-corrected chi connectivity index (χ2v) is 32.2. The summed E-state index contributed by atoms with van der Waals surface area (Å²) in [5.74, 6) is -2.53. The second-order valence-electron chi connectivity index (χ2n) is 26.0. The van der Waals surface area contributed by atoms with E-state index in [4.69, 9.17) is 23.8 Å². The van der Waals surface area contributed by atoms with Crippen molar-refractivity contribution in [2.45, 2.75) is 158 Å². The van der Waals surface area contributed by atoms with Gasteiger partial charge in [0.15, 0.2) is 11.6 Å². The van der Waals surface area contributed by atoms with Crippen LogP contribution >= 0.6 is 23.5 Å². The van der Waals surface area contributed by atoms with Gasteiger partial charge in [-0.1, -0.05) is 137 Å². The minimum Gasteiger partial charge on any atom is -0.465 e. The molecule has 17 nitrogen and oxygen atoms in total. The van der Waals surface area contributed by atoms with Crippen LogP contribution < -0.4 is 0 Å². The number of nitrogens with zero attached hydrogens (tertiary/aromatic N) is 2. The number of hydrogen-bond donors (Lipinski definition) is 1. The van der Waals surface area contributed by atoms with Crippen molar-refractivity contribution in [3.63, 3.8) is 0 Å². The van der Waals surface area contributed by atoms with Gasteiger partial charge in [-0.25, -0.2) is 25.6 Å². The Morgan fingerprint density at radius 3 is 1.27 bits per heavy atom. The summed E-state index contributed by atoms with van der Waals surface area (Å²) < 4.78 is 100. The number of thioether (sulfide) groups is 2. The Kier molecular flexibility index (Phi) is 31.7. The van der Waals surface area contributed by atoms with Gasteiger partial charge >= 0.3 is 24.1 Å². The molecule has 0 aliphatic carbocycles. The van der Waals surface area contributed by atoms with Crippen molar-refractivity contribution in [2.75, 3.05) is 37.8 Å². The van der Waals surface area contributed by atoms with Crippen LogP contribution in [0.1, 0.15) is 137 Å². The Morgan fingerprint density at radius 2 is 0.907 bits per heavy atom. The average molecular weight is 1410 g/mol. The van der Waals surface area contributed by atoms with E-state index < -0.39 is 66.0 Å². The van der Waals surface area contributed by atoms with Crippen LogP contribution in [0.5, 0.6) is 0 Å². The van der Waals surface area contributed by atoms with Crippen molar-refractivity contribution in [1.82, 2.24) is 8.61 Å². The molecule has 0 aromatic heterocycles. The minimum absolute atomic E-state index is 0.0364. The van der Waals surface area contributed by atoms with Gasteiger partial charge in [-0.05, 0) is 166 Å². The van der Waals surface area contributed by atoms with Crippen molar-refractivity contribution < 1.29 is 78.5 Å².